The molecule has 1 fully saturated rings. The molecule has 5 heterocycles. The number of allylic oxidation sites excluding steroid dienone is 3. The topological polar surface area (TPSA) is 270 Å². The summed E-state index contributed by atoms with van der Waals surface area (Å²) in [5.74, 6) is 0.416. The van der Waals surface area contributed by atoms with Gasteiger partial charge in [0.2, 0.25) is 0 Å². The fourth-order valence-electron chi connectivity index (χ4n) is 10.4. The summed E-state index contributed by atoms with van der Waals surface area (Å²) in [4.78, 5) is 55.5. The smallest absolute Gasteiger partial charge is 0.327 e. The zero-order chi connectivity index (χ0) is 52.6. The number of phenols is 2. The van der Waals surface area contributed by atoms with E-state index < -0.39 is 65.0 Å². The number of nitrogen functional groups attached to an aromatic ring is 1. The number of nitrogens with zero attached hydrogens (tertiary/aromatic N) is 4. The largest absolute Gasteiger partial charge is 0.507 e. The van der Waals surface area contributed by atoms with E-state index in [0.717, 1.165) is 11.6 Å². The number of nitrogens with two attached hydrogens (primary N) is 3. The van der Waals surface area contributed by atoms with Crippen LogP contribution in [0.15, 0.2) is 76.6 Å². The Hall–Kier alpha value is -6.47. The van der Waals surface area contributed by atoms with Crippen molar-refractivity contribution in [3.63, 3.8) is 0 Å². The van der Waals surface area contributed by atoms with Gasteiger partial charge >= 0.3 is 11.8 Å². The first kappa shape index (κ1) is 53.3. The Labute approximate surface area is 420 Å². The van der Waals surface area contributed by atoms with Crippen LogP contribution < -0.4 is 38.1 Å². The SMILES string of the molecule is CO[C@H]1/C=C/O[C@@]2(C)Oc3c(C)c(O)c4c(O)c(c5c(c4c3C2=O)=NC2(CCN(CC(C)C)CC2)N=5)NC(=O)/C(C)=C\C=C\C(C)C[C@@H](C)C(O)[C@@H](C)C(OC(=O)CN(N)/C=C(\N)c2ccc(N)cc2)[C@@H]1C. The number of fused-ring (bicyclic) bond motifs is 13. The standard InChI is InChI=1S/C54H72N8O10/c1-28(2)25-61-21-19-54(20-22-61)59-43-40-41-47(65)34(8)50-42(40)51(67)53(9,72-50)70-23-18-38(69-10)32(6)49(71-39(63)27-62(57)26-37(56)35-14-16-36(55)17-15-35)33(7)46(64)31(5)24-29(3)12-11-13-30(4)52(68)58-45(48(41)66)44(43)60-54/h11-18,23,26,28-29,31-33,38,46,49,64-66H,19-22,24-25,27,55-57H2,1-10H3,(H,58,68)/b12-11+,23-18+,30-13-,37-26-/t29?,31-,32-,33-,38+,46?,49?,53+/m1/s1. The third kappa shape index (κ3) is 10.8. The molecule has 18 nitrogen and oxygen atoms in total. The summed E-state index contributed by atoms with van der Waals surface area (Å²) >= 11 is 0. The Morgan fingerprint density at radius 1 is 1.01 bits per heavy atom. The van der Waals surface area contributed by atoms with E-state index in [0.29, 0.717) is 60.8 Å². The van der Waals surface area contributed by atoms with Crippen molar-refractivity contribution in [2.45, 2.75) is 111 Å². The third-order valence-corrected chi connectivity index (χ3v) is 14.5. The fourth-order valence-corrected chi connectivity index (χ4v) is 10.4. The Balaban J connectivity index is 1.29. The number of amides is 1. The summed E-state index contributed by atoms with van der Waals surface area (Å²) < 4.78 is 24.7. The lowest BCUT2D eigenvalue weighted by Gasteiger charge is -2.37. The molecule has 8 rings (SSSR count). The van der Waals surface area contributed by atoms with Crippen LogP contribution in [0.2, 0.25) is 0 Å². The van der Waals surface area contributed by atoms with Crippen LogP contribution in [0.4, 0.5) is 11.4 Å². The number of methoxy groups -OCH3 is 1. The van der Waals surface area contributed by atoms with Crippen LogP contribution in [0.5, 0.6) is 17.2 Å². The first-order valence-electron chi connectivity index (χ1n) is 24.7. The summed E-state index contributed by atoms with van der Waals surface area (Å²) in [7, 11) is 1.48. The van der Waals surface area contributed by atoms with Crippen LogP contribution in [0.1, 0.15) is 96.1 Å². The molecular formula is C54H72N8O10. The minimum absolute atomic E-state index is 0.0262. The average Bonchev–Trinajstić information content (AvgIpc) is 3.82. The number of rotatable bonds is 8. The van der Waals surface area contributed by atoms with Crippen molar-refractivity contribution in [2.75, 3.05) is 44.3 Å². The minimum Gasteiger partial charge on any atom is -0.507 e. The van der Waals surface area contributed by atoms with Crippen LogP contribution in [-0.2, 0) is 23.8 Å². The highest BCUT2D eigenvalue weighted by Crippen LogP contribution is 2.50. The summed E-state index contributed by atoms with van der Waals surface area (Å²) in [5.41, 5.74) is 13.1. The molecule has 5 aliphatic rings. The lowest BCUT2D eigenvalue weighted by atomic mass is 9.79. The molecule has 1 spiro atoms. The summed E-state index contributed by atoms with van der Waals surface area (Å²) in [5, 5.41) is 40.6. The molecule has 3 unspecified atom stereocenters. The minimum atomic E-state index is -1.99. The molecule has 18 heteroatoms. The van der Waals surface area contributed by atoms with Gasteiger partial charge in [-0.05, 0) is 61.8 Å². The van der Waals surface area contributed by atoms with E-state index >= 15 is 0 Å². The highest BCUT2D eigenvalue weighted by Gasteiger charge is 2.50. The number of aliphatic hydroxyl groups is 1. The first-order valence-corrected chi connectivity index (χ1v) is 24.7. The number of benzene rings is 3. The Bertz CT molecular complexity index is 2840. The van der Waals surface area contributed by atoms with Gasteiger partial charge in [-0.3, -0.25) is 24.4 Å². The number of carbonyl (C=O) groups excluding carboxylic acids is 3. The molecule has 0 saturated carbocycles. The van der Waals surface area contributed by atoms with Crippen molar-refractivity contribution in [1.82, 2.24) is 9.91 Å². The normalized spacial score (nSPS) is 28.6. The quantitative estimate of drug-likeness (QED) is 0.0485. The molecule has 0 aliphatic carbocycles. The number of hydrogen-bond acceptors (Lipinski definition) is 17. The maximum atomic E-state index is 14.9. The highest BCUT2D eigenvalue weighted by atomic mass is 16.7. The monoisotopic (exact) mass is 993 g/mol. The van der Waals surface area contributed by atoms with Crippen molar-refractivity contribution in [1.29, 1.82) is 0 Å². The van der Waals surface area contributed by atoms with E-state index in [2.05, 4.69) is 24.1 Å². The van der Waals surface area contributed by atoms with Gasteiger partial charge in [-0.15, -0.1) is 0 Å². The number of phenolic OH excluding ortho intramolecular Hbond substituents is 2. The number of Topliss-reactive ketones (excluding diaryl/α,β-unsaturated/α-hetero) is 1. The van der Waals surface area contributed by atoms with Gasteiger partial charge in [0.25, 0.3) is 11.7 Å². The summed E-state index contributed by atoms with van der Waals surface area (Å²) in [6.07, 6.45) is 8.49. The molecule has 388 valence electrons. The van der Waals surface area contributed by atoms with Gasteiger partial charge in [0.15, 0.2) is 11.4 Å². The van der Waals surface area contributed by atoms with E-state index in [1.165, 1.54) is 26.5 Å². The second-order valence-electron chi connectivity index (χ2n) is 20.7. The molecule has 10 N–H and O–H groups in total. The molecule has 72 heavy (non-hydrogen) atoms. The molecule has 8 atom stereocenters. The molecule has 3 aromatic carbocycles. The van der Waals surface area contributed by atoms with E-state index in [9.17, 15) is 29.7 Å². The number of esters is 1. The fraction of sp³-hybridized carbons (Fsp3) is 0.500. The van der Waals surface area contributed by atoms with Gasteiger partial charge in [-0.1, -0.05) is 71.9 Å². The van der Waals surface area contributed by atoms with Crippen molar-refractivity contribution in [3.05, 3.63) is 94.0 Å². The predicted molar refractivity (Wildman–Crippen MR) is 275 cm³/mol. The van der Waals surface area contributed by atoms with Crippen molar-refractivity contribution in [2.24, 2.45) is 51.2 Å². The van der Waals surface area contributed by atoms with E-state index in [1.807, 2.05) is 26.8 Å². The molecule has 1 amide bonds. The number of hydrogen-bond donors (Lipinski definition) is 7. The van der Waals surface area contributed by atoms with Crippen molar-refractivity contribution >= 4 is 45.5 Å². The number of aromatic hydroxyl groups is 2. The molecule has 0 aromatic heterocycles. The summed E-state index contributed by atoms with van der Waals surface area (Å²) in [6.45, 7) is 18.4. The number of ketones is 1. The van der Waals surface area contributed by atoms with Gasteiger partial charge in [-0.2, -0.15) is 0 Å². The number of ether oxygens (including phenoxy) is 4. The molecule has 5 aliphatic heterocycles. The van der Waals surface area contributed by atoms with E-state index in [-0.39, 0.29) is 68.2 Å². The van der Waals surface area contributed by atoms with E-state index in [4.69, 9.17) is 46.2 Å². The number of piperidine rings is 1. The highest BCUT2D eigenvalue weighted by molar-refractivity contribution is 6.19. The van der Waals surface area contributed by atoms with Gasteiger partial charge in [-0.25, -0.2) is 5.84 Å². The maximum absolute atomic E-state index is 14.9. The van der Waals surface area contributed by atoms with Crippen molar-refractivity contribution < 1.29 is 48.7 Å². The Morgan fingerprint density at radius 2 is 1.68 bits per heavy atom. The molecular weight excluding hydrogens is 921 g/mol. The summed E-state index contributed by atoms with van der Waals surface area (Å²) in [6, 6.07) is 6.86. The zero-order valence-electron chi connectivity index (χ0n) is 43.1. The van der Waals surface area contributed by atoms with Gasteiger partial charge in [0.1, 0.15) is 35.2 Å². The Kier molecular flexibility index (Phi) is 15.8. The van der Waals surface area contributed by atoms with Crippen LogP contribution >= 0.6 is 0 Å². The molecule has 3 aromatic rings. The van der Waals surface area contributed by atoms with Gasteiger partial charge in [0, 0.05) is 86.8 Å². The van der Waals surface area contributed by atoms with Gasteiger partial charge < -0.3 is 61.0 Å². The number of likely N-dealkylation sites (tertiary alicyclic amines) is 1. The number of hydrazine groups is 1. The molecule has 1 saturated heterocycles. The third-order valence-electron chi connectivity index (χ3n) is 14.5. The molecule has 5 bridgehead atoms. The zero-order valence-corrected chi connectivity index (χ0v) is 43.1. The number of nitrogens with one attached hydrogen (secondary N) is 1. The van der Waals surface area contributed by atoms with Crippen LogP contribution in [0.3, 0.4) is 0 Å². The number of carbonyl (C=O) groups is 3. The average molecular weight is 993 g/mol. The second-order valence-corrected chi connectivity index (χ2v) is 20.7. The first-order chi connectivity index (χ1) is 34.0. The van der Waals surface area contributed by atoms with E-state index in [1.54, 1.807) is 63.3 Å². The lowest BCUT2D eigenvalue weighted by molar-refractivity contribution is -0.162. The number of aliphatic hydroxyl groups excluding tert-OH is 1. The van der Waals surface area contributed by atoms with Crippen LogP contribution in [-0.4, -0.2) is 106 Å². The number of anilines is 2. The van der Waals surface area contributed by atoms with Gasteiger partial charge in [0.05, 0.1) is 40.5 Å². The lowest BCUT2D eigenvalue weighted by Crippen LogP contribution is -2.46. The maximum Gasteiger partial charge on any atom is 0.327 e. The second kappa shape index (κ2) is 21.3. The molecule has 0 radical (unpaired) electrons. The predicted octanol–water partition coefficient (Wildman–Crippen LogP) is 5.47. The Morgan fingerprint density at radius 3 is 2.33 bits per heavy atom. The van der Waals surface area contributed by atoms with Crippen LogP contribution in [0.25, 0.3) is 16.5 Å². The van der Waals surface area contributed by atoms with Crippen molar-refractivity contribution in [3.8, 4) is 17.2 Å². The van der Waals surface area contributed by atoms with Crippen LogP contribution in [0, 0.1) is 36.5 Å².